The standard InChI is InChI=1S/C14H23NO2/c1-2-14(16)12-7-9-15(11-12)8-3-5-13-6-4-10-17-13/h7,9,11,13-14,16H,2-6,8,10H2,1H3. The predicted octanol–water partition coefficient (Wildman–Crippen LogP) is 2.89. The molecule has 0 aromatic carbocycles. The third-order valence-corrected chi connectivity index (χ3v) is 3.51. The second-order valence-corrected chi connectivity index (χ2v) is 4.88. The van der Waals surface area contributed by atoms with Crippen LogP contribution in [0.1, 0.15) is 50.7 Å². The molecular formula is C14H23NO2. The molecule has 1 aromatic rings. The molecule has 2 rings (SSSR count). The largest absolute Gasteiger partial charge is 0.388 e. The molecule has 1 fully saturated rings. The molecule has 1 aliphatic heterocycles. The minimum Gasteiger partial charge on any atom is -0.388 e. The average molecular weight is 237 g/mol. The van der Waals surface area contributed by atoms with Crippen LogP contribution in [0.25, 0.3) is 0 Å². The van der Waals surface area contributed by atoms with E-state index >= 15 is 0 Å². The van der Waals surface area contributed by atoms with Gasteiger partial charge in [0.1, 0.15) is 0 Å². The number of hydrogen-bond acceptors (Lipinski definition) is 2. The van der Waals surface area contributed by atoms with E-state index in [1.807, 2.05) is 13.0 Å². The molecule has 1 aliphatic rings. The third-order valence-electron chi connectivity index (χ3n) is 3.51. The number of nitrogens with zero attached hydrogens (tertiary/aromatic N) is 1. The zero-order chi connectivity index (χ0) is 12.1. The molecule has 0 radical (unpaired) electrons. The van der Waals surface area contributed by atoms with Gasteiger partial charge in [0.25, 0.3) is 0 Å². The lowest BCUT2D eigenvalue weighted by Gasteiger charge is -2.09. The van der Waals surface area contributed by atoms with Gasteiger partial charge in [-0.2, -0.15) is 0 Å². The van der Waals surface area contributed by atoms with Gasteiger partial charge >= 0.3 is 0 Å². The van der Waals surface area contributed by atoms with E-state index in [0.717, 1.165) is 38.0 Å². The Balaban J connectivity index is 1.73. The van der Waals surface area contributed by atoms with Gasteiger partial charge in [0, 0.05) is 25.5 Å². The SMILES string of the molecule is CCC(O)c1ccn(CCCC2CCCO2)c1. The molecule has 0 amide bonds. The molecule has 17 heavy (non-hydrogen) atoms. The van der Waals surface area contributed by atoms with Crippen molar-refractivity contribution in [3.63, 3.8) is 0 Å². The summed E-state index contributed by atoms with van der Waals surface area (Å²) in [6, 6.07) is 2.01. The summed E-state index contributed by atoms with van der Waals surface area (Å²) in [6.07, 6.45) is 9.84. The van der Waals surface area contributed by atoms with Crippen molar-refractivity contribution in [3.05, 3.63) is 24.0 Å². The van der Waals surface area contributed by atoms with Gasteiger partial charge in [0.05, 0.1) is 12.2 Å². The quantitative estimate of drug-likeness (QED) is 0.825. The van der Waals surface area contributed by atoms with Gasteiger partial charge in [-0.05, 0) is 43.7 Å². The van der Waals surface area contributed by atoms with Gasteiger partial charge < -0.3 is 14.4 Å². The van der Waals surface area contributed by atoms with Crippen molar-refractivity contribution in [3.8, 4) is 0 Å². The van der Waals surface area contributed by atoms with E-state index in [0.29, 0.717) is 6.10 Å². The van der Waals surface area contributed by atoms with Crippen molar-refractivity contribution in [2.24, 2.45) is 0 Å². The predicted molar refractivity (Wildman–Crippen MR) is 67.9 cm³/mol. The fourth-order valence-corrected chi connectivity index (χ4v) is 2.40. The summed E-state index contributed by atoms with van der Waals surface area (Å²) in [7, 11) is 0. The van der Waals surface area contributed by atoms with Gasteiger partial charge in [-0.15, -0.1) is 0 Å². The highest BCUT2D eigenvalue weighted by atomic mass is 16.5. The zero-order valence-corrected chi connectivity index (χ0v) is 10.6. The highest BCUT2D eigenvalue weighted by Gasteiger charge is 2.14. The number of ether oxygens (including phenoxy) is 1. The Bertz CT molecular complexity index is 329. The number of hydrogen-bond donors (Lipinski definition) is 1. The Labute approximate surface area is 103 Å². The van der Waals surface area contributed by atoms with Gasteiger partial charge in [-0.3, -0.25) is 0 Å². The molecular weight excluding hydrogens is 214 g/mol. The Morgan fingerprint density at radius 1 is 1.59 bits per heavy atom. The average Bonchev–Trinajstić information content (AvgIpc) is 2.99. The van der Waals surface area contributed by atoms with Crippen LogP contribution in [0.5, 0.6) is 0 Å². The molecule has 2 unspecified atom stereocenters. The highest BCUT2D eigenvalue weighted by Crippen LogP contribution is 2.19. The van der Waals surface area contributed by atoms with Crippen molar-refractivity contribution in [1.82, 2.24) is 4.57 Å². The number of aliphatic hydroxyl groups excluding tert-OH is 1. The summed E-state index contributed by atoms with van der Waals surface area (Å²) in [6.45, 7) is 3.97. The summed E-state index contributed by atoms with van der Waals surface area (Å²) in [4.78, 5) is 0. The molecule has 1 aromatic heterocycles. The lowest BCUT2D eigenvalue weighted by Crippen LogP contribution is -2.06. The molecule has 0 saturated carbocycles. The minimum absolute atomic E-state index is 0.311. The molecule has 0 aliphatic carbocycles. The van der Waals surface area contributed by atoms with E-state index in [4.69, 9.17) is 4.74 Å². The fraction of sp³-hybridized carbons (Fsp3) is 0.714. The molecule has 1 saturated heterocycles. The van der Waals surface area contributed by atoms with Crippen molar-refractivity contribution in [1.29, 1.82) is 0 Å². The molecule has 3 heteroatoms. The van der Waals surface area contributed by atoms with Crippen LogP contribution in [0.3, 0.4) is 0 Å². The summed E-state index contributed by atoms with van der Waals surface area (Å²) >= 11 is 0. The van der Waals surface area contributed by atoms with Crippen molar-refractivity contribution in [2.75, 3.05) is 6.61 Å². The molecule has 0 bridgehead atoms. The van der Waals surface area contributed by atoms with E-state index < -0.39 is 0 Å². The van der Waals surface area contributed by atoms with Crippen LogP contribution in [0.4, 0.5) is 0 Å². The van der Waals surface area contributed by atoms with E-state index in [-0.39, 0.29) is 6.10 Å². The van der Waals surface area contributed by atoms with Gasteiger partial charge in [0.2, 0.25) is 0 Å². The van der Waals surface area contributed by atoms with Crippen LogP contribution in [-0.4, -0.2) is 22.4 Å². The maximum atomic E-state index is 9.71. The maximum absolute atomic E-state index is 9.71. The molecule has 2 heterocycles. The Morgan fingerprint density at radius 3 is 3.18 bits per heavy atom. The van der Waals surface area contributed by atoms with Crippen molar-refractivity contribution >= 4 is 0 Å². The third kappa shape index (κ3) is 3.58. The van der Waals surface area contributed by atoms with Gasteiger partial charge in [-0.25, -0.2) is 0 Å². The summed E-state index contributed by atoms with van der Waals surface area (Å²) < 4.78 is 7.77. The second kappa shape index (κ2) is 6.22. The Morgan fingerprint density at radius 2 is 2.47 bits per heavy atom. The molecule has 0 spiro atoms. The topological polar surface area (TPSA) is 34.4 Å². The maximum Gasteiger partial charge on any atom is 0.0802 e. The smallest absolute Gasteiger partial charge is 0.0802 e. The van der Waals surface area contributed by atoms with E-state index in [2.05, 4.69) is 17.0 Å². The second-order valence-electron chi connectivity index (χ2n) is 4.88. The number of rotatable bonds is 6. The van der Waals surface area contributed by atoms with Crippen LogP contribution in [0, 0.1) is 0 Å². The van der Waals surface area contributed by atoms with Gasteiger partial charge in [0.15, 0.2) is 0 Å². The molecule has 96 valence electrons. The van der Waals surface area contributed by atoms with Crippen LogP contribution in [-0.2, 0) is 11.3 Å². The Kier molecular flexibility index (Phi) is 4.63. The van der Waals surface area contributed by atoms with Crippen LogP contribution in [0.15, 0.2) is 18.5 Å². The number of aromatic nitrogens is 1. The summed E-state index contributed by atoms with van der Waals surface area (Å²) in [5.41, 5.74) is 1.03. The van der Waals surface area contributed by atoms with Crippen molar-refractivity contribution in [2.45, 2.75) is 57.8 Å². The monoisotopic (exact) mass is 237 g/mol. The van der Waals surface area contributed by atoms with Crippen LogP contribution < -0.4 is 0 Å². The van der Waals surface area contributed by atoms with Crippen LogP contribution in [0.2, 0.25) is 0 Å². The lowest BCUT2D eigenvalue weighted by molar-refractivity contribution is 0.101. The van der Waals surface area contributed by atoms with E-state index in [1.54, 1.807) is 0 Å². The number of aliphatic hydroxyl groups is 1. The van der Waals surface area contributed by atoms with E-state index in [1.165, 1.54) is 12.8 Å². The molecule has 2 atom stereocenters. The van der Waals surface area contributed by atoms with Crippen LogP contribution >= 0.6 is 0 Å². The number of aryl methyl sites for hydroxylation is 1. The first-order chi connectivity index (χ1) is 8.29. The van der Waals surface area contributed by atoms with E-state index in [9.17, 15) is 5.11 Å². The first-order valence-electron chi connectivity index (χ1n) is 6.75. The summed E-state index contributed by atoms with van der Waals surface area (Å²) in [5.74, 6) is 0. The Hall–Kier alpha value is -0.800. The zero-order valence-electron chi connectivity index (χ0n) is 10.6. The molecule has 1 N–H and O–H groups in total. The normalized spacial score (nSPS) is 21.9. The van der Waals surface area contributed by atoms with Gasteiger partial charge in [-0.1, -0.05) is 6.92 Å². The fourth-order valence-electron chi connectivity index (χ4n) is 2.40. The molecule has 3 nitrogen and oxygen atoms in total. The first kappa shape index (κ1) is 12.7. The van der Waals surface area contributed by atoms with Crippen molar-refractivity contribution < 1.29 is 9.84 Å². The highest BCUT2D eigenvalue weighted by molar-refractivity contribution is 5.13. The first-order valence-corrected chi connectivity index (χ1v) is 6.75. The summed E-state index contributed by atoms with van der Waals surface area (Å²) in [5, 5.41) is 9.71. The minimum atomic E-state index is -0.311. The lowest BCUT2D eigenvalue weighted by atomic mass is 10.1.